The highest BCUT2D eigenvalue weighted by atomic mass is 19.4. The van der Waals surface area contributed by atoms with Gasteiger partial charge in [-0.1, -0.05) is 12.1 Å². The Kier molecular flexibility index (Phi) is 3.81. The molecule has 0 radical (unpaired) electrons. The zero-order valence-corrected chi connectivity index (χ0v) is 12.5. The third-order valence-corrected chi connectivity index (χ3v) is 3.60. The lowest BCUT2D eigenvalue weighted by molar-refractivity contribution is -0.137. The van der Waals surface area contributed by atoms with Crippen molar-refractivity contribution in [3.63, 3.8) is 0 Å². The van der Waals surface area contributed by atoms with Crippen LogP contribution in [0.2, 0.25) is 0 Å². The molecule has 7 heteroatoms. The summed E-state index contributed by atoms with van der Waals surface area (Å²) in [6, 6.07) is 8.69. The molecule has 0 saturated carbocycles. The summed E-state index contributed by atoms with van der Waals surface area (Å²) in [4.78, 5) is 4.14. The fraction of sp³-hybridized carbons (Fsp3) is 0.250. The molecule has 0 bridgehead atoms. The van der Waals surface area contributed by atoms with E-state index in [4.69, 9.17) is 4.74 Å². The van der Waals surface area contributed by atoms with Gasteiger partial charge in [-0.25, -0.2) is 9.50 Å². The lowest BCUT2D eigenvalue weighted by Gasteiger charge is -2.18. The minimum Gasteiger partial charge on any atom is -0.370 e. The molecule has 3 aromatic rings. The van der Waals surface area contributed by atoms with Crippen LogP contribution in [0.4, 0.5) is 13.2 Å². The third kappa shape index (κ3) is 2.92. The van der Waals surface area contributed by atoms with E-state index in [2.05, 4.69) is 10.1 Å². The Morgan fingerprint density at radius 3 is 2.43 bits per heavy atom. The van der Waals surface area contributed by atoms with Crippen LogP contribution in [0.15, 0.2) is 42.7 Å². The van der Waals surface area contributed by atoms with Gasteiger partial charge in [-0.05, 0) is 42.3 Å². The van der Waals surface area contributed by atoms with E-state index in [1.165, 1.54) is 25.6 Å². The molecule has 0 spiro atoms. The Balaban J connectivity index is 2.07. The van der Waals surface area contributed by atoms with Gasteiger partial charge in [0.1, 0.15) is 12.4 Å². The van der Waals surface area contributed by atoms with Crippen LogP contribution in [0.25, 0.3) is 5.65 Å². The van der Waals surface area contributed by atoms with Gasteiger partial charge in [0.25, 0.3) is 0 Å². The van der Waals surface area contributed by atoms with Gasteiger partial charge >= 0.3 is 6.18 Å². The van der Waals surface area contributed by atoms with E-state index in [-0.39, 0.29) is 0 Å². The van der Waals surface area contributed by atoms with Crippen molar-refractivity contribution in [3.05, 3.63) is 65.1 Å². The summed E-state index contributed by atoms with van der Waals surface area (Å²) in [6.07, 6.45) is -3.47. The van der Waals surface area contributed by atoms with E-state index in [1.807, 2.05) is 19.1 Å². The van der Waals surface area contributed by atoms with Crippen LogP contribution < -0.4 is 0 Å². The normalized spacial score (nSPS) is 13.4. The second-order valence-electron chi connectivity index (χ2n) is 5.22. The summed E-state index contributed by atoms with van der Waals surface area (Å²) in [5, 5.41) is 4.16. The van der Waals surface area contributed by atoms with E-state index in [1.54, 1.807) is 4.52 Å². The highest BCUT2D eigenvalue weighted by Crippen LogP contribution is 2.32. The van der Waals surface area contributed by atoms with Crippen molar-refractivity contribution in [2.24, 2.45) is 0 Å². The van der Waals surface area contributed by atoms with Gasteiger partial charge in [0.2, 0.25) is 0 Å². The first-order valence-electron chi connectivity index (χ1n) is 6.90. The molecule has 1 atom stereocenters. The van der Waals surface area contributed by atoms with Crippen LogP contribution in [-0.2, 0) is 10.9 Å². The Hall–Kier alpha value is -2.41. The molecule has 120 valence electrons. The number of nitrogens with zero attached hydrogens (tertiary/aromatic N) is 3. The van der Waals surface area contributed by atoms with E-state index in [0.29, 0.717) is 16.9 Å². The number of ether oxygens (including phenoxy) is 1. The molecule has 0 aliphatic heterocycles. The van der Waals surface area contributed by atoms with Crippen LogP contribution in [0, 0.1) is 6.92 Å². The Labute approximate surface area is 130 Å². The maximum atomic E-state index is 12.7. The molecule has 0 aliphatic rings. The number of aromatic nitrogens is 3. The molecule has 0 fully saturated rings. The Morgan fingerprint density at radius 2 is 1.83 bits per heavy atom. The summed E-state index contributed by atoms with van der Waals surface area (Å²) < 4.78 is 45.2. The van der Waals surface area contributed by atoms with Gasteiger partial charge in [0.15, 0.2) is 5.65 Å². The summed E-state index contributed by atoms with van der Waals surface area (Å²) in [7, 11) is 1.51. The largest absolute Gasteiger partial charge is 0.416 e. The molecule has 4 nitrogen and oxygen atoms in total. The third-order valence-electron chi connectivity index (χ3n) is 3.60. The second kappa shape index (κ2) is 5.66. The first-order valence-corrected chi connectivity index (χ1v) is 6.90. The van der Waals surface area contributed by atoms with Crippen molar-refractivity contribution in [1.29, 1.82) is 0 Å². The number of hydrogen-bond donors (Lipinski definition) is 0. The van der Waals surface area contributed by atoms with Gasteiger partial charge < -0.3 is 4.74 Å². The van der Waals surface area contributed by atoms with E-state index in [9.17, 15) is 13.2 Å². The molecule has 2 heterocycles. The lowest BCUT2D eigenvalue weighted by atomic mass is 10.0. The van der Waals surface area contributed by atoms with Crippen molar-refractivity contribution in [3.8, 4) is 0 Å². The van der Waals surface area contributed by atoms with Crippen LogP contribution in [0.5, 0.6) is 0 Å². The molecule has 3 rings (SSSR count). The highest BCUT2D eigenvalue weighted by Gasteiger charge is 2.30. The maximum absolute atomic E-state index is 12.7. The molecule has 1 unspecified atom stereocenters. The van der Waals surface area contributed by atoms with Crippen molar-refractivity contribution in [2.45, 2.75) is 19.2 Å². The van der Waals surface area contributed by atoms with Crippen molar-refractivity contribution in [1.82, 2.24) is 14.6 Å². The molecule has 2 aromatic heterocycles. The number of fused-ring (bicyclic) bond motifs is 1. The smallest absolute Gasteiger partial charge is 0.370 e. The van der Waals surface area contributed by atoms with E-state index < -0.39 is 17.8 Å². The maximum Gasteiger partial charge on any atom is 0.416 e. The summed E-state index contributed by atoms with van der Waals surface area (Å²) in [6.45, 7) is 1.91. The predicted molar refractivity (Wildman–Crippen MR) is 78.0 cm³/mol. The number of halogens is 3. The Bertz CT molecular complexity index is 825. The average Bonchev–Trinajstić information content (AvgIpc) is 2.95. The monoisotopic (exact) mass is 321 g/mol. The summed E-state index contributed by atoms with van der Waals surface area (Å²) in [5.41, 5.74) is 2.26. The molecule has 0 amide bonds. The summed E-state index contributed by atoms with van der Waals surface area (Å²) >= 11 is 0. The number of rotatable bonds is 3. The van der Waals surface area contributed by atoms with Crippen LogP contribution in [0.3, 0.4) is 0 Å². The zero-order valence-electron chi connectivity index (χ0n) is 12.5. The van der Waals surface area contributed by atoms with Gasteiger partial charge in [0, 0.05) is 7.11 Å². The van der Waals surface area contributed by atoms with Crippen LogP contribution >= 0.6 is 0 Å². The van der Waals surface area contributed by atoms with Crippen molar-refractivity contribution >= 4 is 5.65 Å². The number of methoxy groups -OCH3 is 1. The molecular weight excluding hydrogens is 307 g/mol. The first kappa shape index (κ1) is 15.5. The fourth-order valence-electron chi connectivity index (χ4n) is 2.55. The van der Waals surface area contributed by atoms with E-state index in [0.717, 1.165) is 17.7 Å². The van der Waals surface area contributed by atoms with E-state index >= 15 is 0 Å². The molecule has 1 aromatic carbocycles. The quantitative estimate of drug-likeness (QED) is 0.737. The van der Waals surface area contributed by atoms with Gasteiger partial charge in [-0.15, -0.1) is 0 Å². The number of benzene rings is 1. The molecule has 0 N–H and O–H groups in total. The van der Waals surface area contributed by atoms with Crippen LogP contribution in [0.1, 0.15) is 28.5 Å². The van der Waals surface area contributed by atoms with Crippen molar-refractivity contribution < 1.29 is 17.9 Å². The minimum absolute atomic E-state index is 0.540. The Morgan fingerprint density at radius 1 is 1.13 bits per heavy atom. The molecular formula is C16H14F3N3O. The average molecular weight is 321 g/mol. The number of hydrogen-bond acceptors (Lipinski definition) is 3. The molecule has 0 saturated heterocycles. The number of aryl methyl sites for hydroxylation is 1. The fourth-order valence-corrected chi connectivity index (χ4v) is 2.55. The lowest BCUT2D eigenvalue weighted by Crippen LogP contribution is -2.11. The van der Waals surface area contributed by atoms with Gasteiger partial charge in [-0.2, -0.15) is 18.3 Å². The standard InChI is InChI=1S/C16H14F3N3O/c1-10-7-13(22-14(8-10)20-9-21-22)15(23-2)11-3-5-12(6-4-11)16(17,18)19/h3-9,15H,1-2H3. The predicted octanol–water partition coefficient (Wildman–Crippen LogP) is 3.79. The highest BCUT2D eigenvalue weighted by molar-refractivity contribution is 5.44. The molecule has 23 heavy (non-hydrogen) atoms. The number of alkyl halides is 3. The van der Waals surface area contributed by atoms with Gasteiger partial charge in [-0.3, -0.25) is 0 Å². The summed E-state index contributed by atoms with van der Waals surface area (Å²) in [5.74, 6) is 0. The SMILES string of the molecule is COC(c1ccc(C(F)(F)F)cc1)c1cc(C)cc2ncnn12. The van der Waals surface area contributed by atoms with Crippen molar-refractivity contribution in [2.75, 3.05) is 7.11 Å². The van der Waals surface area contributed by atoms with Crippen LogP contribution in [-0.4, -0.2) is 21.7 Å². The first-order chi connectivity index (χ1) is 10.9. The van der Waals surface area contributed by atoms with Gasteiger partial charge in [0.05, 0.1) is 11.3 Å². The minimum atomic E-state index is -4.36. The second-order valence-corrected chi connectivity index (χ2v) is 5.22. The zero-order chi connectivity index (χ0) is 16.6. The molecule has 0 aliphatic carbocycles. The number of pyridine rings is 1. The topological polar surface area (TPSA) is 39.4 Å².